The first-order valence-corrected chi connectivity index (χ1v) is 7.52. The molecular formula is C12H7BrCl2F2OS. The number of thiophene rings is 1. The van der Waals surface area contributed by atoms with E-state index in [0.717, 1.165) is 17.4 Å². The third kappa shape index (κ3) is 3.28. The quantitative estimate of drug-likeness (QED) is 0.701. The van der Waals surface area contributed by atoms with Crippen molar-refractivity contribution < 1.29 is 13.9 Å². The van der Waals surface area contributed by atoms with Gasteiger partial charge in [0.25, 0.3) is 0 Å². The zero-order valence-electron chi connectivity index (χ0n) is 9.26. The number of aliphatic hydroxyl groups is 1. The molecule has 1 nitrogen and oxygen atoms in total. The van der Waals surface area contributed by atoms with Crippen LogP contribution in [0.1, 0.15) is 17.2 Å². The second-order valence-electron chi connectivity index (χ2n) is 3.82. The molecule has 2 aromatic rings. The molecule has 19 heavy (non-hydrogen) atoms. The third-order valence-electron chi connectivity index (χ3n) is 2.58. The first-order valence-electron chi connectivity index (χ1n) is 5.15. The number of hydrogen-bond acceptors (Lipinski definition) is 2. The van der Waals surface area contributed by atoms with Crippen LogP contribution in [0.4, 0.5) is 8.78 Å². The fourth-order valence-electron chi connectivity index (χ4n) is 1.64. The molecule has 0 radical (unpaired) electrons. The van der Waals surface area contributed by atoms with Gasteiger partial charge in [-0.15, -0.1) is 11.3 Å². The van der Waals surface area contributed by atoms with Gasteiger partial charge in [0.05, 0.1) is 14.9 Å². The highest BCUT2D eigenvalue weighted by atomic mass is 79.9. The maximum Gasteiger partial charge on any atom is 0.143 e. The highest BCUT2D eigenvalue weighted by Gasteiger charge is 2.20. The van der Waals surface area contributed by atoms with Gasteiger partial charge in [0.2, 0.25) is 0 Å². The topological polar surface area (TPSA) is 20.2 Å². The predicted molar refractivity (Wildman–Crippen MR) is 77.1 cm³/mol. The predicted octanol–water partition coefficient (Wildman–Crippen LogP) is 5.37. The standard InChI is InChI=1S/C12H7BrCl2F2OS/c13-7-1-2-8(16)5(11(7)17)3-9(18)6-4-10(14)19-12(6)15/h1-2,4,9,18H,3H2. The van der Waals surface area contributed by atoms with Crippen molar-refractivity contribution >= 4 is 50.5 Å². The molecule has 1 atom stereocenters. The van der Waals surface area contributed by atoms with Crippen molar-refractivity contribution in [2.75, 3.05) is 0 Å². The van der Waals surface area contributed by atoms with Gasteiger partial charge in [0, 0.05) is 17.5 Å². The van der Waals surface area contributed by atoms with E-state index >= 15 is 0 Å². The molecule has 0 amide bonds. The van der Waals surface area contributed by atoms with Crippen LogP contribution in [0.15, 0.2) is 22.7 Å². The molecule has 2 rings (SSSR count). The number of benzene rings is 1. The Morgan fingerprint density at radius 1 is 1.32 bits per heavy atom. The summed E-state index contributed by atoms with van der Waals surface area (Å²) in [5.41, 5.74) is 0.177. The van der Waals surface area contributed by atoms with Crippen molar-refractivity contribution in [1.82, 2.24) is 0 Å². The molecule has 102 valence electrons. The lowest BCUT2D eigenvalue weighted by atomic mass is 10.0. The lowest BCUT2D eigenvalue weighted by Crippen LogP contribution is -2.06. The summed E-state index contributed by atoms with van der Waals surface area (Å²) in [5, 5.41) is 10.0. The van der Waals surface area contributed by atoms with Crippen molar-refractivity contribution in [1.29, 1.82) is 0 Å². The van der Waals surface area contributed by atoms with Gasteiger partial charge in [-0.1, -0.05) is 23.2 Å². The highest BCUT2D eigenvalue weighted by Crippen LogP contribution is 2.37. The monoisotopic (exact) mass is 386 g/mol. The summed E-state index contributed by atoms with van der Waals surface area (Å²) in [6, 6.07) is 3.90. The largest absolute Gasteiger partial charge is 0.388 e. The Bertz CT molecular complexity index is 618. The van der Waals surface area contributed by atoms with Gasteiger partial charge < -0.3 is 5.11 Å². The van der Waals surface area contributed by atoms with E-state index < -0.39 is 17.7 Å². The molecule has 0 bridgehead atoms. The molecule has 7 heteroatoms. The average Bonchev–Trinajstić information content (AvgIpc) is 2.69. The zero-order valence-corrected chi connectivity index (χ0v) is 13.2. The van der Waals surface area contributed by atoms with Gasteiger partial charge in [0.15, 0.2) is 0 Å². The van der Waals surface area contributed by atoms with Crippen LogP contribution in [0.5, 0.6) is 0 Å². The number of halogens is 5. The number of aliphatic hydroxyl groups excluding tert-OH is 1. The number of rotatable bonds is 3. The smallest absolute Gasteiger partial charge is 0.143 e. The summed E-state index contributed by atoms with van der Waals surface area (Å²) < 4.78 is 28.2. The van der Waals surface area contributed by atoms with Crippen molar-refractivity contribution in [3.8, 4) is 0 Å². The second-order valence-corrected chi connectivity index (χ2v) is 6.96. The van der Waals surface area contributed by atoms with Crippen molar-refractivity contribution in [2.24, 2.45) is 0 Å². The van der Waals surface area contributed by atoms with Gasteiger partial charge in [-0.3, -0.25) is 0 Å². The molecule has 1 N–H and O–H groups in total. The maximum absolute atomic E-state index is 13.8. The van der Waals surface area contributed by atoms with E-state index in [2.05, 4.69) is 15.9 Å². The van der Waals surface area contributed by atoms with E-state index in [0.29, 0.717) is 14.2 Å². The molecule has 0 aliphatic carbocycles. The summed E-state index contributed by atoms with van der Waals surface area (Å²) in [7, 11) is 0. The highest BCUT2D eigenvalue weighted by molar-refractivity contribution is 9.10. The fourth-order valence-corrected chi connectivity index (χ4v) is 3.58. The molecule has 1 aromatic heterocycles. The Hall–Kier alpha value is -0.200. The molecule has 0 aliphatic heterocycles. The summed E-state index contributed by atoms with van der Waals surface area (Å²) in [6.07, 6.45) is -1.33. The molecule has 1 unspecified atom stereocenters. The van der Waals surface area contributed by atoms with Gasteiger partial charge >= 0.3 is 0 Å². The normalized spacial score (nSPS) is 12.7. The van der Waals surface area contributed by atoms with E-state index in [4.69, 9.17) is 23.2 Å². The van der Waals surface area contributed by atoms with Crippen LogP contribution in [0, 0.1) is 11.6 Å². The van der Waals surface area contributed by atoms with Crippen LogP contribution in [-0.4, -0.2) is 5.11 Å². The van der Waals surface area contributed by atoms with Crippen molar-refractivity contribution in [3.05, 3.63) is 54.1 Å². The van der Waals surface area contributed by atoms with Crippen LogP contribution in [0.25, 0.3) is 0 Å². The lowest BCUT2D eigenvalue weighted by molar-refractivity contribution is 0.176. The molecule has 0 aliphatic rings. The molecular weight excluding hydrogens is 381 g/mol. The lowest BCUT2D eigenvalue weighted by Gasteiger charge is -2.12. The molecule has 0 spiro atoms. The van der Waals surface area contributed by atoms with E-state index in [9.17, 15) is 13.9 Å². The van der Waals surface area contributed by atoms with Crippen LogP contribution >= 0.6 is 50.5 Å². The molecule has 0 saturated heterocycles. The van der Waals surface area contributed by atoms with Gasteiger partial charge in [-0.25, -0.2) is 8.78 Å². The second kappa shape index (κ2) is 6.06. The fraction of sp³-hybridized carbons (Fsp3) is 0.167. The first-order chi connectivity index (χ1) is 8.90. The zero-order chi connectivity index (χ0) is 14.2. The number of hydrogen-bond donors (Lipinski definition) is 1. The Morgan fingerprint density at radius 3 is 2.58 bits per heavy atom. The molecule has 0 fully saturated rings. The minimum Gasteiger partial charge on any atom is -0.388 e. The Kier molecular flexibility index (Phi) is 4.84. The van der Waals surface area contributed by atoms with E-state index in [1.54, 1.807) is 0 Å². The van der Waals surface area contributed by atoms with Gasteiger partial charge in [0.1, 0.15) is 16.0 Å². The minimum atomic E-state index is -1.12. The SMILES string of the molecule is OC(Cc1c(F)ccc(Br)c1F)c1cc(Cl)sc1Cl. The summed E-state index contributed by atoms with van der Waals surface area (Å²) in [6.45, 7) is 0. The summed E-state index contributed by atoms with van der Waals surface area (Å²) in [4.78, 5) is 0. The first kappa shape index (κ1) is 15.2. The molecule has 1 heterocycles. The van der Waals surface area contributed by atoms with Crippen LogP contribution in [0.2, 0.25) is 8.67 Å². The van der Waals surface area contributed by atoms with Crippen molar-refractivity contribution in [2.45, 2.75) is 12.5 Å². The molecule has 1 aromatic carbocycles. The van der Waals surface area contributed by atoms with Gasteiger partial charge in [-0.05, 0) is 34.1 Å². The van der Waals surface area contributed by atoms with Gasteiger partial charge in [-0.2, -0.15) is 0 Å². The van der Waals surface area contributed by atoms with Crippen LogP contribution in [0.3, 0.4) is 0 Å². The van der Waals surface area contributed by atoms with Crippen molar-refractivity contribution in [3.63, 3.8) is 0 Å². The van der Waals surface area contributed by atoms with E-state index in [-0.39, 0.29) is 16.5 Å². The Labute approximate surface area is 130 Å². The van der Waals surface area contributed by atoms with E-state index in [1.165, 1.54) is 12.1 Å². The maximum atomic E-state index is 13.8. The molecule has 0 saturated carbocycles. The average molecular weight is 388 g/mol. The van der Waals surface area contributed by atoms with E-state index in [1.807, 2.05) is 0 Å². The summed E-state index contributed by atoms with van der Waals surface area (Å²) >= 11 is 15.7. The Balaban J connectivity index is 2.31. The van der Waals surface area contributed by atoms with Crippen LogP contribution < -0.4 is 0 Å². The third-order valence-corrected chi connectivity index (χ3v) is 4.71. The summed E-state index contributed by atoms with van der Waals surface area (Å²) in [5.74, 6) is -1.44. The van der Waals surface area contributed by atoms with Crippen LogP contribution in [-0.2, 0) is 6.42 Å². The Morgan fingerprint density at radius 2 is 2.00 bits per heavy atom. The minimum absolute atomic E-state index is 0.144.